The smallest absolute Gasteiger partial charge is 0.144 e. The minimum Gasteiger partial charge on any atom is -0.369 e. The van der Waals surface area contributed by atoms with Crippen LogP contribution in [0.2, 0.25) is 0 Å². The number of nitrogens with zero attached hydrogens (tertiary/aromatic N) is 2. The number of aryl methyl sites for hydroxylation is 1. The molecule has 0 atom stereocenters. The summed E-state index contributed by atoms with van der Waals surface area (Å²) in [5.74, 6) is 0.674. The molecule has 0 unspecified atom stereocenters. The fourth-order valence-corrected chi connectivity index (χ4v) is 1.75. The van der Waals surface area contributed by atoms with E-state index in [1.54, 1.807) is 6.07 Å². The molecule has 1 N–H and O–H groups in total. The van der Waals surface area contributed by atoms with Crippen molar-refractivity contribution in [3.63, 3.8) is 0 Å². The van der Waals surface area contributed by atoms with Gasteiger partial charge < -0.3 is 5.32 Å². The second-order valence-corrected chi connectivity index (χ2v) is 4.12. The zero-order valence-corrected chi connectivity index (χ0v) is 10.4. The highest BCUT2D eigenvalue weighted by atomic mass is 15.0. The lowest BCUT2D eigenvalue weighted by Crippen LogP contribution is -2.08. The summed E-state index contributed by atoms with van der Waals surface area (Å²) in [6.45, 7) is 2.69. The maximum atomic E-state index is 9.00. The lowest BCUT2D eigenvalue weighted by atomic mass is 10.1. The quantitative estimate of drug-likeness (QED) is 0.889. The molecular weight excluding hydrogens is 222 g/mol. The first-order chi connectivity index (χ1) is 8.79. The van der Waals surface area contributed by atoms with Crippen molar-refractivity contribution >= 4 is 5.82 Å². The number of anilines is 1. The van der Waals surface area contributed by atoms with Gasteiger partial charge in [-0.2, -0.15) is 5.26 Å². The molecular formula is C15H15N3. The Morgan fingerprint density at radius 2 is 1.94 bits per heavy atom. The first kappa shape index (κ1) is 12.1. The molecule has 0 aliphatic carbocycles. The minimum absolute atomic E-state index is 0.591. The van der Waals surface area contributed by atoms with Crippen LogP contribution in [0.4, 0.5) is 5.82 Å². The first-order valence-corrected chi connectivity index (χ1v) is 5.95. The molecule has 0 radical (unpaired) electrons. The number of hydrogen-bond donors (Lipinski definition) is 1. The van der Waals surface area contributed by atoms with E-state index in [1.807, 2.05) is 31.2 Å². The number of aromatic nitrogens is 1. The number of nitriles is 1. The van der Waals surface area contributed by atoms with E-state index in [0.29, 0.717) is 11.4 Å². The van der Waals surface area contributed by atoms with Gasteiger partial charge in [0.1, 0.15) is 11.9 Å². The molecule has 1 aromatic heterocycles. The van der Waals surface area contributed by atoms with Crippen molar-refractivity contribution in [1.29, 1.82) is 5.26 Å². The van der Waals surface area contributed by atoms with Crippen molar-refractivity contribution < 1.29 is 0 Å². The highest BCUT2D eigenvalue weighted by molar-refractivity contribution is 5.52. The topological polar surface area (TPSA) is 48.7 Å². The molecule has 0 bridgehead atoms. The monoisotopic (exact) mass is 237 g/mol. The van der Waals surface area contributed by atoms with Crippen LogP contribution >= 0.6 is 0 Å². The highest BCUT2D eigenvalue weighted by Gasteiger charge is 2.03. The SMILES string of the molecule is Cc1ccc(C#N)c(NCCc2ccccc2)n1. The van der Waals surface area contributed by atoms with Gasteiger partial charge in [0.25, 0.3) is 0 Å². The third kappa shape index (κ3) is 3.08. The average Bonchev–Trinajstić information content (AvgIpc) is 2.40. The van der Waals surface area contributed by atoms with Crippen molar-refractivity contribution in [2.45, 2.75) is 13.3 Å². The van der Waals surface area contributed by atoms with E-state index in [-0.39, 0.29) is 0 Å². The van der Waals surface area contributed by atoms with Crippen LogP contribution in [0.3, 0.4) is 0 Å². The van der Waals surface area contributed by atoms with Crippen LogP contribution in [-0.4, -0.2) is 11.5 Å². The van der Waals surface area contributed by atoms with Crippen molar-refractivity contribution in [1.82, 2.24) is 4.98 Å². The molecule has 1 aromatic carbocycles. The van der Waals surface area contributed by atoms with Gasteiger partial charge in [-0.25, -0.2) is 4.98 Å². The van der Waals surface area contributed by atoms with E-state index in [9.17, 15) is 0 Å². The Hall–Kier alpha value is -2.34. The lowest BCUT2D eigenvalue weighted by molar-refractivity contribution is 0.999. The first-order valence-electron chi connectivity index (χ1n) is 5.95. The number of rotatable bonds is 4. The molecule has 0 spiro atoms. The molecule has 0 amide bonds. The second kappa shape index (κ2) is 5.83. The summed E-state index contributed by atoms with van der Waals surface area (Å²) < 4.78 is 0. The van der Waals surface area contributed by atoms with Crippen LogP contribution in [0.25, 0.3) is 0 Å². The predicted octanol–water partition coefficient (Wildman–Crippen LogP) is 2.92. The van der Waals surface area contributed by atoms with E-state index in [1.165, 1.54) is 5.56 Å². The van der Waals surface area contributed by atoms with Gasteiger partial charge in [0, 0.05) is 12.2 Å². The van der Waals surface area contributed by atoms with E-state index in [0.717, 1.165) is 18.7 Å². The van der Waals surface area contributed by atoms with Crippen LogP contribution in [0.15, 0.2) is 42.5 Å². The molecule has 90 valence electrons. The van der Waals surface area contributed by atoms with Crippen LogP contribution in [0.1, 0.15) is 16.8 Å². The van der Waals surface area contributed by atoms with E-state index in [4.69, 9.17) is 5.26 Å². The Morgan fingerprint density at radius 3 is 2.67 bits per heavy atom. The van der Waals surface area contributed by atoms with Crippen molar-refractivity contribution in [3.8, 4) is 6.07 Å². The summed E-state index contributed by atoms with van der Waals surface area (Å²) in [6, 6.07) is 16.0. The summed E-state index contributed by atoms with van der Waals surface area (Å²) in [4.78, 5) is 4.34. The summed E-state index contributed by atoms with van der Waals surface area (Å²) in [5, 5.41) is 12.2. The van der Waals surface area contributed by atoms with Gasteiger partial charge in [-0.3, -0.25) is 0 Å². The zero-order valence-electron chi connectivity index (χ0n) is 10.4. The standard InChI is InChI=1S/C15H15N3/c1-12-7-8-14(11-16)15(18-12)17-10-9-13-5-3-2-4-6-13/h2-8H,9-10H2,1H3,(H,17,18). The summed E-state index contributed by atoms with van der Waals surface area (Å²) in [7, 11) is 0. The van der Waals surface area contributed by atoms with E-state index in [2.05, 4.69) is 28.5 Å². The van der Waals surface area contributed by atoms with Crippen molar-refractivity contribution in [2.75, 3.05) is 11.9 Å². The van der Waals surface area contributed by atoms with Crippen LogP contribution in [0.5, 0.6) is 0 Å². The van der Waals surface area contributed by atoms with Gasteiger partial charge in [0.2, 0.25) is 0 Å². The summed E-state index contributed by atoms with van der Waals surface area (Å²) in [5.41, 5.74) is 2.78. The molecule has 2 aromatic rings. The molecule has 3 nitrogen and oxygen atoms in total. The molecule has 18 heavy (non-hydrogen) atoms. The van der Waals surface area contributed by atoms with Crippen molar-refractivity contribution in [3.05, 3.63) is 59.3 Å². The number of pyridine rings is 1. The molecule has 0 aliphatic heterocycles. The highest BCUT2D eigenvalue weighted by Crippen LogP contribution is 2.12. The Bertz CT molecular complexity index is 556. The predicted molar refractivity (Wildman–Crippen MR) is 72.3 cm³/mol. The summed E-state index contributed by atoms with van der Waals surface area (Å²) >= 11 is 0. The largest absolute Gasteiger partial charge is 0.369 e. The maximum absolute atomic E-state index is 9.00. The third-order valence-corrected chi connectivity index (χ3v) is 2.70. The van der Waals surface area contributed by atoms with Crippen molar-refractivity contribution in [2.24, 2.45) is 0 Å². The molecule has 0 aliphatic rings. The fraction of sp³-hybridized carbons (Fsp3) is 0.200. The van der Waals surface area contributed by atoms with Gasteiger partial charge in [0.05, 0.1) is 5.56 Å². The number of nitrogens with one attached hydrogen (secondary N) is 1. The average molecular weight is 237 g/mol. The minimum atomic E-state index is 0.591. The van der Waals surface area contributed by atoms with Gasteiger partial charge in [0.15, 0.2) is 0 Å². The molecule has 0 fully saturated rings. The molecule has 0 saturated heterocycles. The third-order valence-electron chi connectivity index (χ3n) is 2.70. The Labute approximate surface area is 107 Å². The Kier molecular flexibility index (Phi) is 3.93. The molecule has 0 saturated carbocycles. The van der Waals surface area contributed by atoms with E-state index < -0.39 is 0 Å². The normalized spacial score (nSPS) is 9.78. The van der Waals surface area contributed by atoms with Gasteiger partial charge in [-0.05, 0) is 31.0 Å². The maximum Gasteiger partial charge on any atom is 0.144 e. The second-order valence-electron chi connectivity index (χ2n) is 4.12. The number of hydrogen-bond acceptors (Lipinski definition) is 3. The summed E-state index contributed by atoms with van der Waals surface area (Å²) in [6.07, 6.45) is 0.918. The van der Waals surface area contributed by atoms with Gasteiger partial charge in [-0.15, -0.1) is 0 Å². The number of benzene rings is 1. The Morgan fingerprint density at radius 1 is 1.17 bits per heavy atom. The van der Waals surface area contributed by atoms with E-state index >= 15 is 0 Å². The van der Waals surface area contributed by atoms with Gasteiger partial charge in [-0.1, -0.05) is 30.3 Å². The van der Waals surface area contributed by atoms with Crippen LogP contribution in [0, 0.1) is 18.3 Å². The van der Waals surface area contributed by atoms with Crippen LogP contribution in [-0.2, 0) is 6.42 Å². The lowest BCUT2D eigenvalue weighted by Gasteiger charge is -2.08. The molecule has 3 heteroatoms. The Balaban J connectivity index is 1.98. The molecule has 2 rings (SSSR count). The van der Waals surface area contributed by atoms with Gasteiger partial charge >= 0.3 is 0 Å². The fourth-order valence-electron chi connectivity index (χ4n) is 1.75. The molecule has 1 heterocycles. The van der Waals surface area contributed by atoms with Crippen LogP contribution < -0.4 is 5.32 Å². The zero-order chi connectivity index (χ0) is 12.8.